The van der Waals surface area contributed by atoms with Crippen molar-refractivity contribution >= 4 is 17.4 Å². The quantitative estimate of drug-likeness (QED) is 0.780. The first-order valence-corrected chi connectivity index (χ1v) is 6.63. The van der Waals surface area contributed by atoms with Gasteiger partial charge in [0.2, 0.25) is 0 Å². The summed E-state index contributed by atoms with van der Waals surface area (Å²) < 4.78 is 14.2. The van der Waals surface area contributed by atoms with Crippen molar-refractivity contribution in [1.29, 1.82) is 0 Å². The third-order valence-corrected chi connectivity index (χ3v) is 3.61. The van der Waals surface area contributed by atoms with E-state index in [9.17, 15) is 4.39 Å². The van der Waals surface area contributed by atoms with E-state index in [0.717, 1.165) is 25.8 Å². The molecule has 5 heteroatoms. The van der Waals surface area contributed by atoms with Crippen molar-refractivity contribution in [2.75, 3.05) is 17.3 Å². The minimum absolute atomic E-state index is 0.194. The van der Waals surface area contributed by atoms with E-state index in [1.54, 1.807) is 0 Å². The van der Waals surface area contributed by atoms with E-state index in [1.807, 2.05) is 11.8 Å². The van der Waals surface area contributed by atoms with Gasteiger partial charge in [-0.2, -0.15) is 0 Å². The molecule has 0 radical (unpaired) electrons. The van der Waals surface area contributed by atoms with E-state index >= 15 is 0 Å². The van der Waals surface area contributed by atoms with Gasteiger partial charge < -0.3 is 4.90 Å². The molecule has 0 aliphatic carbocycles. The fourth-order valence-corrected chi connectivity index (χ4v) is 2.60. The maximum Gasteiger partial charge on any atom is 0.187 e. The topological polar surface area (TPSA) is 29.0 Å². The second-order valence-electron chi connectivity index (χ2n) is 4.31. The van der Waals surface area contributed by atoms with Gasteiger partial charge >= 0.3 is 0 Å². The monoisotopic (exact) mass is 257 g/mol. The Hall–Kier alpha value is -0.900. The molecule has 2 rings (SSSR count). The predicted molar refractivity (Wildman–Crippen MR) is 67.1 cm³/mol. The molecule has 1 aromatic rings. The van der Waals surface area contributed by atoms with Crippen LogP contribution in [-0.2, 0) is 6.42 Å². The predicted octanol–water partition coefficient (Wildman–Crippen LogP) is 2.78. The Balaban J connectivity index is 2.31. The van der Waals surface area contributed by atoms with E-state index in [0.29, 0.717) is 23.8 Å². The van der Waals surface area contributed by atoms with Crippen molar-refractivity contribution in [2.45, 2.75) is 38.6 Å². The van der Waals surface area contributed by atoms with Crippen LogP contribution in [0.1, 0.15) is 31.9 Å². The lowest BCUT2D eigenvalue weighted by molar-refractivity contribution is 0.470. The molecule has 1 aliphatic rings. The second kappa shape index (κ2) is 5.63. The van der Waals surface area contributed by atoms with Gasteiger partial charge in [0.1, 0.15) is 6.33 Å². The Kier molecular flexibility index (Phi) is 4.15. The molecule has 94 valence electrons. The fraction of sp³-hybridized carbons (Fsp3) is 0.667. The molecule has 0 amide bonds. The van der Waals surface area contributed by atoms with Crippen LogP contribution < -0.4 is 4.90 Å². The number of hydrogen-bond donors (Lipinski definition) is 0. The fourth-order valence-electron chi connectivity index (χ4n) is 2.28. The smallest absolute Gasteiger partial charge is 0.187 e. The summed E-state index contributed by atoms with van der Waals surface area (Å²) in [6.07, 6.45) is 5.26. The molecule has 17 heavy (non-hydrogen) atoms. The van der Waals surface area contributed by atoms with Crippen molar-refractivity contribution in [2.24, 2.45) is 0 Å². The number of nitrogens with zero attached hydrogens (tertiary/aromatic N) is 3. The molecule has 2 heterocycles. The largest absolute Gasteiger partial charge is 0.350 e. The van der Waals surface area contributed by atoms with Crippen molar-refractivity contribution in [3.63, 3.8) is 0 Å². The number of hydrogen-bond acceptors (Lipinski definition) is 3. The van der Waals surface area contributed by atoms with Crippen molar-refractivity contribution in [3.8, 4) is 0 Å². The first kappa shape index (κ1) is 12.6. The van der Waals surface area contributed by atoms with Gasteiger partial charge in [0.25, 0.3) is 0 Å². The number of rotatable bonds is 3. The highest BCUT2D eigenvalue weighted by molar-refractivity contribution is 6.18. The van der Waals surface area contributed by atoms with Gasteiger partial charge in [0.15, 0.2) is 11.6 Å². The number of anilines is 1. The Morgan fingerprint density at radius 1 is 1.47 bits per heavy atom. The van der Waals surface area contributed by atoms with Gasteiger partial charge in [-0.05, 0) is 25.7 Å². The Bertz CT molecular complexity index is 386. The minimum atomic E-state index is -0.285. The zero-order valence-electron chi connectivity index (χ0n) is 9.99. The van der Waals surface area contributed by atoms with Gasteiger partial charge in [0.05, 0.1) is 5.69 Å². The number of halogens is 2. The first-order valence-electron chi connectivity index (χ1n) is 6.10. The van der Waals surface area contributed by atoms with Crippen LogP contribution in [0, 0.1) is 5.82 Å². The summed E-state index contributed by atoms with van der Waals surface area (Å²) in [5.41, 5.74) is 0.480. The third kappa shape index (κ3) is 2.51. The molecule has 1 fully saturated rings. The van der Waals surface area contributed by atoms with Gasteiger partial charge in [-0.25, -0.2) is 14.4 Å². The zero-order chi connectivity index (χ0) is 12.3. The summed E-state index contributed by atoms with van der Waals surface area (Å²) in [5, 5.41) is 0. The maximum atomic E-state index is 14.2. The summed E-state index contributed by atoms with van der Waals surface area (Å²) in [7, 11) is 0. The van der Waals surface area contributed by atoms with Crippen LogP contribution in [0.4, 0.5) is 10.2 Å². The van der Waals surface area contributed by atoms with Crippen LogP contribution in [0.2, 0.25) is 0 Å². The molecule has 0 aromatic carbocycles. The average molecular weight is 258 g/mol. The maximum absolute atomic E-state index is 14.2. The van der Waals surface area contributed by atoms with Crippen LogP contribution >= 0.6 is 11.6 Å². The highest BCUT2D eigenvalue weighted by Gasteiger charge is 2.26. The SMILES string of the molecule is CCc1ncnc(N2CCCCC2CCl)c1F. The molecule has 1 aromatic heterocycles. The molecule has 3 nitrogen and oxygen atoms in total. The molecule has 1 saturated heterocycles. The molecule has 1 unspecified atom stereocenters. The van der Waals surface area contributed by atoms with Crippen LogP contribution in [0.5, 0.6) is 0 Å². The van der Waals surface area contributed by atoms with Gasteiger partial charge in [-0.1, -0.05) is 6.92 Å². The van der Waals surface area contributed by atoms with Crippen molar-refractivity contribution in [1.82, 2.24) is 9.97 Å². The summed E-state index contributed by atoms with van der Waals surface area (Å²) in [5.74, 6) is 0.652. The summed E-state index contributed by atoms with van der Waals surface area (Å²) in [6.45, 7) is 2.72. The van der Waals surface area contributed by atoms with Gasteiger partial charge in [-0.3, -0.25) is 0 Å². The normalized spacial score (nSPS) is 20.6. The molecule has 0 bridgehead atoms. The third-order valence-electron chi connectivity index (χ3n) is 3.26. The Labute approximate surface area is 106 Å². The molecule has 0 spiro atoms. The number of aryl methyl sites for hydroxylation is 1. The van der Waals surface area contributed by atoms with Crippen molar-refractivity contribution in [3.05, 3.63) is 17.8 Å². The Morgan fingerprint density at radius 2 is 2.29 bits per heavy atom. The highest BCUT2D eigenvalue weighted by Crippen LogP contribution is 2.26. The molecule has 1 atom stereocenters. The highest BCUT2D eigenvalue weighted by atomic mass is 35.5. The molecule has 0 saturated carbocycles. The summed E-state index contributed by atoms with van der Waals surface area (Å²) in [6, 6.07) is 0.194. The standard InChI is InChI=1S/C12H17ClFN3/c1-2-10-11(14)12(16-8-15-10)17-6-4-3-5-9(17)7-13/h8-9H,2-7H2,1H3. The van der Waals surface area contributed by atoms with E-state index in [4.69, 9.17) is 11.6 Å². The minimum Gasteiger partial charge on any atom is -0.350 e. The molecular formula is C12H17ClFN3. The number of alkyl halides is 1. The van der Waals surface area contributed by atoms with Crippen LogP contribution in [-0.4, -0.2) is 28.4 Å². The lowest BCUT2D eigenvalue weighted by Gasteiger charge is -2.35. The lowest BCUT2D eigenvalue weighted by atomic mass is 10.0. The Morgan fingerprint density at radius 3 is 3.00 bits per heavy atom. The molecular weight excluding hydrogens is 241 g/mol. The number of aromatic nitrogens is 2. The second-order valence-corrected chi connectivity index (χ2v) is 4.62. The summed E-state index contributed by atoms with van der Waals surface area (Å²) >= 11 is 5.94. The summed E-state index contributed by atoms with van der Waals surface area (Å²) in [4.78, 5) is 10.0. The van der Waals surface area contributed by atoms with E-state index in [2.05, 4.69) is 9.97 Å². The van der Waals surface area contributed by atoms with E-state index < -0.39 is 0 Å². The first-order chi connectivity index (χ1) is 8.27. The number of piperidine rings is 1. The van der Waals surface area contributed by atoms with E-state index in [-0.39, 0.29) is 11.9 Å². The van der Waals surface area contributed by atoms with Crippen molar-refractivity contribution < 1.29 is 4.39 Å². The molecule has 1 aliphatic heterocycles. The van der Waals surface area contributed by atoms with Crippen LogP contribution in [0.25, 0.3) is 0 Å². The van der Waals surface area contributed by atoms with Gasteiger partial charge in [0, 0.05) is 18.5 Å². The zero-order valence-corrected chi connectivity index (χ0v) is 10.8. The van der Waals surface area contributed by atoms with E-state index in [1.165, 1.54) is 6.33 Å². The molecule has 0 N–H and O–H groups in total. The lowest BCUT2D eigenvalue weighted by Crippen LogP contribution is -2.42. The average Bonchev–Trinajstić information content (AvgIpc) is 2.39. The van der Waals surface area contributed by atoms with Crippen LogP contribution in [0.15, 0.2) is 6.33 Å². The van der Waals surface area contributed by atoms with Crippen LogP contribution in [0.3, 0.4) is 0 Å². The van der Waals surface area contributed by atoms with Gasteiger partial charge in [-0.15, -0.1) is 11.6 Å².